The molecule has 0 saturated carbocycles. The lowest BCUT2D eigenvalue weighted by Gasteiger charge is -2.40. The normalized spacial score (nSPS) is 44.6. The summed E-state index contributed by atoms with van der Waals surface area (Å²) in [6, 6.07) is 1.57. The number of nitrogens with zero attached hydrogens (tertiary/aromatic N) is 2. The summed E-state index contributed by atoms with van der Waals surface area (Å²) in [6.45, 7) is 6.58. The van der Waals surface area contributed by atoms with E-state index in [9.17, 15) is 4.79 Å². The van der Waals surface area contributed by atoms with Crippen molar-refractivity contribution in [3.63, 3.8) is 0 Å². The van der Waals surface area contributed by atoms with Gasteiger partial charge in [0.1, 0.15) is 0 Å². The first-order chi connectivity index (χ1) is 13.0. The minimum Gasteiger partial charge on any atom is -0.367 e. The molecule has 0 aromatic heterocycles. The van der Waals surface area contributed by atoms with Crippen LogP contribution < -0.4 is 5.32 Å². The Morgan fingerprint density at radius 2 is 1.96 bits per heavy atom. The molecule has 0 bridgehead atoms. The average Bonchev–Trinajstić information content (AvgIpc) is 3.26. The van der Waals surface area contributed by atoms with Crippen LogP contribution in [0.4, 0.5) is 0 Å². The Bertz CT molecular complexity index is 666. The largest absolute Gasteiger partial charge is 0.367 e. The van der Waals surface area contributed by atoms with Gasteiger partial charge in [-0.2, -0.15) is 0 Å². The summed E-state index contributed by atoms with van der Waals surface area (Å²) < 4.78 is 6.40. The quantitative estimate of drug-likeness (QED) is 0.770. The van der Waals surface area contributed by atoms with Crippen LogP contribution in [0.25, 0.3) is 0 Å². The fourth-order valence-electron chi connectivity index (χ4n) is 6.36. The maximum absolute atomic E-state index is 13.1. The summed E-state index contributed by atoms with van der Waals surface area (Å²) in [6.07, 6.45) is 12.8. The van der Waals surface area contributed by atoms with Crippen LogP contribution in [-0.4, -0.2) is 71.7 Å². The highest BCUT2D eigenvalue weighted by Crippen LogP contribution is 2.53. The highest BCUT2D eigenvalue weighted by molar-refractivity contribution is 5.80. The van der Waals surface area contributed by atoms with Crippen molar-refractivity contribution in [2.75, 3.05) is 20.1 Å². The van der Waals surface area contributed by atoms with E-state index in [4.69, 9.17) is 4.74 Å². The second-order valence-corrected chi connectivity index (χ2v) is 9.46. The minimum absolute atomic E-state index is 0.0730. The van der Waals surface area contributed by atoms with Crippen LogP contribution >= 0.6 is 0 Å². The number of amides is 1. The lowest BCUT2D eigenvalue weighted by atomic mass is 9.82. The lowest BCUT2D eigenvalue weighted by Crippen LogP contribution is -2.49. The predicted molar refractivity (Wildman–Crippen MR) is 105 cm³/mol. The van der Waals surface area contributed by atoms with Crippen molar-refractivity contribution in [2.45, 2.75) is 75.4 Å². The summed E-state index contributed by atoms with van der Waals surface area (Å²) in [5.74, 6) is 1.43. The van der Waals surface area contributed by atoms with Gasteiger partial charge in [-0.15, -0.1) is 0 Å². The van der Waals surface area contributed by atoms with E-state index in [1.165, 1.54) is 0 Å². The Kier molecular flexibility index (Phi) is 4.26. The number of ether oxygens (including phenoxy) is 1. The van der Waals surface area contributed by atoms with E-state index in [0.29, 0.717) is 48.3 Å². The number of hydrogen-bond acceptors (Lipinski definition) is 4. The Balaban J connectivity index is 1.22. The summed E-state index contributed by atoms with van der Waals surface area (Å²) in [5, 5.41) is 3.68. The van der Waals surface area contributed by atoms with E-state index in [1.54, 1.807) is 0 Å². The number of carbonyl (C=O) groups is 1. The first-order valence-corrected chi connectivity index (χ1v) is 10.8. The van der Waals surface area contributed by atoms with Gasteiger partial charge in [0.05, 0.1) is 23.8 Å². The Labute approximate surface area is 162 Å². The van der Waals surface area contributed by atoms with E-state index in [0.717, 1.165) is 32.4 Å². The van der Waals surface area contributed by atoms with Gasteiger partial charge >= 0.3 is 0 Å². The Hall–Kier alpha value is -1.17. The number of likely N-dealkylation sites (tertiary alicyclic amines) is 1. The number of allylic oxidation sites excluding steroid dienone is 2. The molecule has 148 valence electrons. The molecule has 0 aromatic rings. The molecule has 1 aliphatic carbocycles. The zero-order valence-electron chi connectivity index (χ0n) is 16.8. The Morgan fingerprint density at radius 1 is 1.22 bits per heavy atom. The molecule has 27 heavy (non-hydrogen) atoms. The van der Waals surface area contributed by atoms with Crippen LogP contribution in [0.1, 0.15) is 39.5 Å². The molecule has 0 radical (unpaired) electrons. The van der Waals surface area contributed by atoms with Crippen molar-refractivity contribution in [2.24, 2.45) is 11.8 Å². The average molecular weight is 372 g/mol. The van der Waals surface area contributed by atoms with E-state index in [2.05, 4.69) is 60.3 Å². The molecule has 4 saturated heterocycles. The molecule has 4 aliphatic heterocycles. The van der Waals surface area contributed by atoms with Gasteiger partial charge in [-0.25, -0.2) is 0 Å². The van der Waals surface area contributed by atoms with Gasteiger partial charge in [0.25, 0.3) is 0 Å². The van der Waals surface area contributed by atoms with E-state index >= 15 is 0 Å². The third kappa shape index (κ3) is 2.81. The van der Waals surface area contributed by atoms with Crippen molar-refractivity contribution in [1.82, 2.24) is 15.1 Å². The molecule has 0 aromatic carbocycles. The molecule has 7 atom stereocenters. The SMILES string of the molecule is CC1NC2C=CC=CC2C1CCC(=O)N1C2C(C)OC3(CCN(C)CC3)C21. The smallest absolute Gasteiger partial charge is 0.223 e. The van der Waals surface area contributed by atoms with Gasteiger partial charge < -0.3 is 19.9 Å². The van der Waals surface area contributed by atoms with Crippen LogP contribution in [-0.2, 0) is 9.53 Å². The molecule has 5 heteroatoms. The summed E-state index contributed by atoms with van der Waals surface area (Å²) in [4.78, 5) is 17.6. The zero-order chi connectivity index (χ0) is 18.8. The lowest BCUT2D eigenvalue weighted by molar-refractivity contribution is -0.139. The van der Waals surface area contributed by atoms with Gasteiger partial charge in [-0.1, -0.05) is 24.3 Å². The minimum atomic E-state index is -0.0730. The number of morpholine rings is 1. The summed E-state index contributed by atoms with van der Waals surface area (Å²) in [5.41, 5.74) is -0.0730. The number of hydrogen-bond donors (Lipinski definition) is 1. The molecule has 5 rings (SSSR count). The maximum atomic E-state index is 13.1. The molecule has 5 aliphatic rings. The highest BCUT2D eigenvalue weighted by atomic mass is 16.5. The molecule has 4 fully saturated rings. The van der Waals surface area contributed by atoms with Gasteiger partial charge in [-0.3, -0.25) is 4.79 Å². The molecule has 7 unspecified atom stereocenters. The van der Waals surface area contributed by atoms with Crippen LogP contribution in [0, 0.1) is 11.8 Å². The second kappa shape index (κ2) is 6.43. The van der Waals surface area contributed by atoms with Crippen LogP contribution in [0.5, 0.6) is 0 Å². The van der Waals surface area contributed by atoms with Gasteiger partial charge in [-0.05, 0) is 46.1 Å². The van der Waals surface area contributed by atoms with E-state index < -0.39 is 0 Å². The number of rotatable bonds is 3. The molecule has 4 heterocycles. The fraction of sp³-hybridized carbons (Fsp3) is 0.773. The standard InChI is InChI=1S/C22H33N3O2/c1-14-16(17-6-4-5-7-18(17)23-14)8-9-19(26)25-20-15(2)27-22(21(20)25)10-12-24(3)13-11-22/h4-7,14-18,20-21,23H,8-13H2,1-3H3. The molecular formula is C22H33N3O2. The van der Waals surface area contributed by atoms with Crippen molar-refractivity contribution >= 4 is 5.91 Å². The zero-order valence-corrected chi connectivity index (χ0v) is 16.8. The van der Waals surface area contributed by atoms with Crippen LogP contribution in [0.2, 0.25) is 0 Å². The number of carbonyl (C=O) groups excluding carboxylic acids is 1. The van der Waals surface area contributed by atoms with E-state index in [-0.39, 0.29) is 11.7 Å². The van der Waals surface area contributed by atoms with Crippen molar-refractivity contribution in [3.05, 3.63) is 24.3 Å². The first-order valence-electron chi connectivity index (χ1n) is 10.8. The summed E-state index contributed by atoms with van der Waals surface area (Å²) in [7, 11) is 2.18. The first kappa shape index (κ1) is 17.9. The second-order valence-electron chi connectivity index (χ2n) is 9.46. The van der Waals surface area contributed by atoms with Crippen molar-refractivity contribution in [1.29, 1.82) is 0 Å². The highest BCUT2D eigenvalue weighted by Gasteiger charge is 2.70. The third-order valence-corrected chi connectivity index (χ3v) is 7.88. The van der Waals surface area contributed by atoms with Crippen LogP contribution in [0.3, 0.4) is 0 Å². The number of nitrogens with one attached hydrogen (secondary N) is 1. The molecular weight excluding hydrogens is 338 g/mol. The Morgan fingerprint density at radius 3 is 2.74 bits per heavy atom. The topological polar surface area (TPSA) is 44.6 Å². The molecule has 1 spiro atoms. The molecule has 5 nitrogen and oxygen atoms in total. The number of fused-ring (bicyclic) bond motifs is 3. The fourth-order valence-corrected chi connectivity index (χ4v) is 6.36. The number of piperidine rings is 1. The van der Waals surface area contributed by atoms with Gasteiger partial charge in [0.15, 0.2) is 0 Å². The van der Waals surface area contributed by atoms with Crippen molar-refractivity contribution in [3.8, 4) is 0 Å². The third-order valence-electron chi connectivity index (χ3n) is 7.88. The maximum Gasteiger partial charge on any atom is 0.223 e. The van der Waals surface area contributed by atoms with Gasteiger partial charge in [0, 0.05) is 37.5 Å². The monoisotopic (exact) mass is 371 g/mol. The van der Waals surface area contributed by atoms with Crippen molar-refractivity contribution < 1.29 is 9.53 Å². The van der Waals surface area contributed by atoms with Crippen LogP contribution in [0.15, 0.2) is 24.3 Å². The molecule has 1 amide bonds. The van der Waals surface area contributed by atoms with Gasteiger partial charge in [0.2, 0.25) is 5.91 Å². The molecule has 1 N–H and O–H groups in total. The summed E-state index contributed by atoms with van der Waals surface area (Å²) >= 11 is 0. The predicted octanol–water partition coefficient (Wildman–Crippen LogP) is 1.95. The van der Waals surface area contributed by atoms with E-state index in [1.807, 2.05) is 0 Å².